The van der Waals surface area contributed by atoms with Gasteiger partial charge in [-0.3, -0.25) is 4.79 Å². The SMILES string of the molecule is C[C@H]1CCC[C@H](C)N1C(=O)CSc1nnc(Cn2nnc3ccccc32)n1C. The van der Waals surface area contributed by atoms with Crippen molar-refractivity contribution in [3.8, 4) is 0 Å². The average Bonchev–Trinajstić information content (AvgIpc) is 3.24. The molecule has 1 aliphatic heterocycles. The summed E-state index contributed by atoms with van der Waals surface area (Å²) >= 11 is 1.44. The fourth-order valence-corrected chi connectivity index (χ4v) is 4.69. The number of piperidine rings is 1. The van der Waals surface area contributed by atoms with Gasteiger partial charge >= 0.3 is 0 Å². The zero-order chi connectivity index (χ0) is 19.7. The van der Waals surface area contributed by atoms with Gasteiger partial charge in [-0.2, -0.15) is 0 Å². The van der Waals surface area contributed by atoms with Crippen LogP contribution in [-0.4, -0.2) is 58.4 Å². The van der Waals surface area contributed by atoms with Crippen molar-refractivity contribution in [2.24, 2.45) is 7.05 Å². The monoisotopic (exact) mass is 399 g/mol. The molecule has 1 amide bonds. The van der Waals surface area contributed by atoms with E-state index in [-0.39, 0.29) is 5.91 Å². The van der Waals surface area contributed by atoms with Gasteiger partial charge in [0, 0.05) is 19.1 Å². The molecule has 0 saturated carbocycles. The Balaban J connectivity index is 1.43. The van der Waals surface area contributed by atoms with Gasteiger partial charge in [-0.1, -0.05) is 29.1 Å². The molecular weight excluding hydrogens is 374 g/mol. The molecule has 1 fully saturated rings. The largest absolute Gasteiger partial charge is 0.337 e. The minimum absolute atomic E-state index is 0.177. The van der Waals surface area contributed by atoms with Crippen LogP contribution in [0.2, 0.25) is 0 Å². The maximum Gasteiger partial charge on any atom is 0.233 e. The van der Waals surface area contributed by atoms with E-state index in [1.54, 1.807) is 0 Å². The van der Waals surface area contributed by atoms with Gasteiger partial charge in [0.2, 0.25) is 5.91 Å². The molecule has 2 atom stereocenters. The number of carbonyl (C=O) groups is 1. The van der Waals surface area contributed by atoms with Crippen LogP contribution < -0.4 is 0 Å². The molecule has 0 radical (unpaired) electrons. The van der Waals surface area contributed by atoms with Gasteiger partial charge in [0.15, 0.2) is 11.0 Å². The standard InChI is InChI=1S/C19H25N7OS/c1-13-7-6-8-14(2)26(13)18(27)12-28-19-22-21-17(24(19)3)11-25-16-10-5-4-9-15(16)20-23-25/h4-5,9-10,13-14H,6-8,11-12H2,1-3H3/t13-,14-/m0/s1. The lowest BCUT2D eigenvalue weighted by atomic mass is 9.98. The predicted octanol–water partition coefficient (Wildman–Crippen LogP) is 2.49. The Labute approximate surface area is 168 Å². The van der Waals surface area contributed by atoms with Crippen LogP contribution >= 0.6 is 11.8 Å². The number of amides is 1. The molecule has 0 aliphatic carbocycles. The zero-order valence-electron chi connectivity index (χ0n) is 16.4. The third kappa shape index (κ3) is 3.63. The van der Waals surface area contributed by atoms with Crippen molar-refractivity contribution in [3.05, 3.63) is 30.1 Å². The lowest BCUT2D eigenvalue weighted by molar-refractivity contribution is -0.134. The number of carbonyl (C=O) groups excluding carboxylic acids is 1. The summed E-state index contributed by atoms with van der Waals surface area (Å²) in [6.07, 6.45) is 3.37. The Hall–Kier alpha value is -2.42. The minimum atomic E-state index is 0.177. The summed E-state index contributed by atoms with van der Waals surface area (Å²) in [6.45, 7) is 4.76. The van der Waals surface area contributed by atoms with Crippen LogP contribution in [0.1, 0.15) is 38.9 Å². The quantitative estimate of drug-likeness (QED) is 0.613. The van der Waals surface area contributed by atoms with Gasteiger partial charge in [0.25, 0.3) is 0 Å². The van der Waals surface area contributed by atoms with Gasteiger partial charge in [-0.05, 0) is 45.2 Å². The van der Waals surface area contributed by atoms with Crippen molar-refractivity contribution in [3.63, 3.8) is 0 Å². The number of fused-ring (bicyclic) bond motifs is 1. The van der Waals surface area contributed by atoms with E-state index in [2.05, 4.69) is 34.4 Å². The molecule has 0 bridgehead atoms. The van der Waals surface area contributed by atoms with Crippen LogP contribution in [0.3, 0.4) is 0 Å². The summed E-state index contributed by atoms with van der Waals surface area (Å²) in [5.41, 5.74) is 1.82. The summed E-state index contributed by atoms with van der Waals surface area (Å²) in [4.78, 5) is 14.8. The number of para-hydroxylation sites is 1. The second-order valence-electron chi connectivity index (χ2n) is 7.41. The number of rotatable bonds is 5. The van der Waals surface area contributed by atoms with Crippen LogP contribution in [-0.2, 0) is 18.4 Å². The molecule has 0 unspecified atom stereocenters. The van der Waals surface area contributed by atoms with E-state index in [1.165, 1.54) is 18.2 Å². The first kappa shape index (κ1) is 18.9. The van der Waals surface area contributed by atoms with Crippen molar-refractivity contribution in [2.75, 3.05) is 5.75 Å². The molecule has 8 nitrogen and oxygen atoms in total. The van der Waals surface area contributed by atoms with E-state index in [0.717, 1.165) is 34.9 Å². The van der Waals surface area contributed by atoms with Crippen LogP contribution in [0.25, 0.3) is 11.0 Å². The van der Waals surface area contributed by atoms with Crippen molar-refractivity contribution >= 4 is 28.7 Å². The van der Waals surface area contributed by atoms with Crippen molar-refractivity contribution < 1.29 is 4.79 Å². The molecule has 148 valence electrons. The number of hydrogen-bond donors (Lipinski definition) is 0. The first-order valence-electron chi connectivity index (χ1n) is 9.65. The van der Waals surface area contributed by atoms with Crippen molar-refractivity contribution in [2.45, 2.75) is 56.9 Å². The molecule has 0 N–H and O–H groups in total. The fraction of sp³-hybridized carbons (Fsp3) is 0.526. The first-order valence-corrected chi connectivity index (χ1v) is 10.6. The number of benzene rings is 1. The van der Waals surface area contributed by atoms with Gasteiger partial charge in [0.1, 0.15) is 12.1 Å². The van der Waals surface area contributed by atoms with E-state index in [4.69, 9.17) is 0 Å². The number of nitrogens with zero attached hydrogens (tertiary/aromatic N) is 7. The molecule has 0 spiro atoms. The number of thioether (sulfide) groups is 1. The number of aromatic nitrogens is 6. The second kappa shape index (κ2) is 7.90. The molecule has 4 rings (SSSR count). The van der Waals surface area contributed by atoms with Crippen LogP contribution in [0.5, 0.6) is 0 Å². The first-order chi connectivity index (χ1) is 13.5. The topological polar surface area (TPSA) is 81.7 Å². The molecular formula is C19H25N7OS. The van der Waals surface area contributed by atoms with E-state index < -0.39 is 0 Å². The fourth-order valence-electron chi connectivity index (χ4n) is 3.89. The average molecular weight is 400 g/mol. The zero-order valence-corrected chi connectivity index (χ0v) is 17.3. The van der Waals surface area contributed by atoms with E-state index >= 15 is 0 Å². The third-order valence-corrected chi connectivity index (χ3v) is 6.45. The Morgan fingerprint density at radius 3 is 2.68 bits per heavy atom. The summed E-state index contributed by atoms with van der Waals surface area (Å²) in [5.74, 6) is 1.34. The molecule has 9 heteroatoms. The summed E-state index contributed by atoms with van der Waals surface area (Å²) in [7, 11) is 1.92. The van der Waals surface area contributed by atoms with Crippen molar-refractivity contribution in [1.29, 1.82) is 0 Å². The van der Waals surface area contributed by atoms with Crippen LogP contribution in [0.15, 0.2) is 29.4 Å². The Bertz CT molecular complexity index is 972. The highest BCUT2D eigenvalue weighted by molar-refractivity contribution is 7.99. The predicted molar refractivity (Wildman–Crippen MR) is 108 cm³/mol. The van der Waals surface area contributed by atoms with E-state index in [1.807, 2.05) is 45.5 Å². The smallest absolute Gasteiger partial charge is 0.233 e. The van der Waals surface area contributed by atoms with Gasteiger partial charge in [0.05, 0.1) is 11.3 Å². The maximum absolute atomic E-state index is 12.7. The molecule has 3 aromatic rings. The Morgan fingerprint density at radius 2 is 1.89 bits per heavy atom. The third-order valence-electron chi connectivity index (χ3n) is 5.44. The summed E-state index contributed by atoms with van der Waals surface area (Å²) < 4.78 is 3.74. The number of likely N-dealkylation sites (tertiary alicyclic amines) is 1. The van der Waals surface area contributed by atoms with E-state index in [9.17, 15) is 4.79 Å². The van der Waals surface area contributed by atoms with Gasteiger partial charge < -0.3 is 9.47 Å². The molecule has 1 saturated heterocycles. The van der Waals surface area contributed by atoms with Gasteiger partial charge in [-0.25, -0.2) is 4.68 Å². The van der Waals surface area contributed by atoms with Crippen LogP contribution in [0, 0.1) is 0 Å². The lowest BCUT2D eigenvalue weighted by Crippen LogP contribution is -2.48. The van der Waals surface area contributed by atoms with E-state index in [0.29, 0.717) is 24.4 Å². The molecule has 3 heterocycles. The highest BCUT2D eigenvalue weighted by atomic mass is 32.2. The van der Waals surface area contributed by atoms with Crippen molar-refractivity contribution in [1.82, 2.24) is 34.7 Å². The Kier molecular flexibility index (Phi) is 5.34. The minimum Gasteiger partial charge on any atom is -0.337 e. The highest BCUT2D eigenvalue weighted by Gasteiger charge is 2.29. The van der Waals surface area contributed by atoms with Crippen LogP contribution in [0.4, 0.5) is 0 Å². The highest BCUT2D eigenvalue weighted by Crippen LogP contribution is 2.25. The molecule has 2 aromatic heterocycles. The normalized spacial score (nSPS) is 20.0. The molecule has 1 aromatic carbocycles. The number of hydrogen-bond acceptors (Lipinski definition) is 6. The lowest BCUT2D eigenvalue weighted by Gasteiger charge is -2.39. The maximum atomic E-state index is 12.7. The summed E-state index contributed by atoms with van der Waals surface area (Å²) in [5, 5.41) is 17.7. The Morgan fingerprint density at radius 1 is 1.14 bits per heavy atom. The molecule has 28 heavy (non-hydrogen) atoms. The van der Waals surface area contributed by atoms with Gasteiger partial charge in [-0.15, -0.1) is 15.3 Å². The summed E-state index contributed by atoms with van der Waals surface area (Å²) in [6, 6.07) is 8.46. The molecule has 1 aliphatic rings. The second-order valence-corrected chi connectivity index (χ2v) is 8.35.